The summed E-state index contributed by atoms with van der Waals surface area (Å²) in [6.45, 7) is 4.81. The van der Waals surface area contributed by atoms with E-state index in [1.807, 2.05) is 37.3 Å². The number of β-amino-alcohol motifs (C(OH)–C–C–N with tert-alkyl or cyclic N) is 1. The smallest absolute Gasteiger partial charge is 0.126 e. The summed E-state index contributed by atoms with van der Waals surface area (Å²) in [5, 5.41) is 21.9. The van der Waals surface area contributed by atoms with Gasteiger partial charge in [-0.1, -0.05) is 23.7 Å². The van der Waals surface area contributed by atoms with Gasteiger partial charge in [-0.2, -0.15) is 0 Å². The number of fused-ring (bicyclic) bond motifs is 1. The highest BCUT2D eigenvalue weighted by atomic mass is 35.5. The van der Waals surface area contributed by atoms with Gasteiger partial charge in [0.15, 0.2) is 0 Å². The van der Waals surface area contributed by atoms with Gasteiger partial charge in [0, 0.05) is 36.6 Å². The molecule has 1 saturated heterocycles. The SMILES string of the molecule is CCOc1ccc([C@H](O)CN2CCC3(CC2)C[C@H](O)c2cc(Cl)ccc2O3)cc1. The fourth-order valence-electron chi connectivity index (χ4n) is 4.36. The molecule has 0 bridgehead atoms. The molecule has 156 valence electrons. The summed E-state index contributed by atoms with van der Waals surface area (Å²) < 4.78 is 11.8. The van der Waals surface area contributed by atoms with Gasteiger partial charge in [0.2, 0.25) is 0 Å². The highest BCUT2D eigenvalue weighted by Crippen LogP contribution is 2.45. The lowest BCUT2D eigenvalue weighted by atomic mass is 9.81. The second-order valence-corrected chi connectivity index (χ2v) is 8.44. The number of halogens is 1. The summed E-state index contributed by atoms with van der Waals surface area (Å²) in [7, 11) is 0. The Kier molecular flexibility index (Phi) is 6.02. The van der Waals surface area contributed by atoms with Crippen LogP contribution in [-0.2, 0) is 0 Å². The number of nitrogens with zero attached hydrogens (tertiary/aromatic N) is 1. The molecule has 0 radical (unpaired) electrons. The third kappa shape index (κ3) is 4.53. The van der Waals surface area contributed by atoms with Gasteiger partial charge in [-0.3, -0.25) is 0 Å². The average Bonchev–Trinajstić information content (AvgIpc) is 2.71. The predicted molar refractivity (Wildman–Crippen MR) is 113 cm³/mol. The van der Waals surface area contributed by atoms with Gasteiger partial charge in [-0.25, -0.2) is 0 Å². The molecule has 1 spiro atoms. The minimum Gasteiger partial charge on any atom is -0.494 e. The molecule has 2 atom stereocenters. The zero-order valence-electron chi connectivity index (χ0n) is 16.7. The number of ether oxygens (including phenoxy) is 2. The highest BCUT2D eigenvalue weighted by Gasteiger charge is 2.43. The molecule has 1 fully saturated rings. The summed E-state index contributed by atoms with van der Waals surface area (Å²) in [4.78, 5) is 2.26. The van der Waals surface area contributed by atoms with Crippen LogP contribution < -0.4 is 9.47 Å². The highest BCUT2D eigenvalue weighted by molar-refractivity contribution is 6.30. The van der Waals surface area contributed by atoms with Crippen LogP contribution in [0.4, 0.5) is 0 Å². The number of piperidine rings is 1. The van der Waals surface area contributed by atoms with Crippen LogP contribution in [-0.4, -0.2) is 47.0 Å². The Morgan fingerprint density at radius 3 is 2.62 bits per heavy atom. The lowest BCUT2D eigenvalue weighted by Crippen LogP contribution is -2.51. The standard InChI is InChI=1S/C23H28ClNO4/c1-2-28-18-6-3-16(4-7-18)21(27)15-25-11-9-23(10-12-25)14-20(26)19-13-17(24)5-8-22(19)29-23/h3-8,13,20-21,26-27H,2,9-12,14-15H2,1H3/t20-,21+/m0/s1. The minimum absolute atomic E-state index is 0.346. The quantitative estimate of drug-likeness (QED) is 0.766. The maximum absolute atomic E-state index is 10.6. The number of aliphatic hydroxyl groups is 2. The first-order valence-corrected chi connectivity index (χ1v) is 10.7. The second kappa shape index (κ2) is 8.52. The summed E-state index contributed by atoms with van der Waals surface area (Å²) in [5.41, 5.74) is 1.32. The third-order valence-electron chi connectivity index (χ3n) is 6.00. The maximum atomic E-state index is 10.6. The Morgan fingerprint density at radius 2 is 1.93 bits per heavy atom. The van der Waals surface area contributed by atoms with E-state index in [1.165, 1.54) is 0 Å². The molecule has 2 aromatic rings. The van der Waals surface area contributed by atoms with Crippen molar-refractivity contribution < 1.29 is 19.7 Å². The van der Waals surface area contributed by atoms with Crippen molar-refractivity contribution in [1.29, 1.82) is 0 Å². The van der Waals surface area contributed by atoms with Crippen molar-refractivity contribution in [2.45, 2.75) is 44.0 Å². The number of rotatable bonds is 5. The van der Waals surface area contributed by atoms with Crippen molar-refractivity contribution in [1.82, 2.24) is 4.90 Å². The normalized spacial score (nSPS) is 22.0. The van der Waals surface area contributed by atoms with E-state index in [1.54, 1.807) is 12.1 Å². The monoisotopic (exact) mass is 417 g/mol. The molecular weight excluding hydrogens is 390 g/mol. The topological polar surface area (TPSA) is 62.2 Å². The van der Waals surface area contributed by atoms with E-state index in [0.717, 1.165) is 48.6 Å². The Balaban J connectivity index is 1.35. The largest absolute Gasteiger partial charge is 0.494 e. The van der Waals surface area contributed by atoms with E-state index in [2.05, 4.69) is 4.90 Å². The number of hydrogen-bond acceptors (Lipinski definition) is 5. The van der Waals surface area contributed by atoms with Gasteiger partial charge in [-0.05, 0) is 55.7 Å². The maximum Gasteiger partial charge on any atom is 0.126 e. The molecule has 0 aliphatic carbocycles. The Morgan fingerprint density at radius 1 is 1.21 bits per heavy atom. The van der Waals surface area contributed by atoms with E-state index < -0.39 is 12.2 Å². The molecule has 2 aliphatic rings. The van der Waals surface area contributed by atoms with Crippen molar-refractivity contribution in [2.24, 2.45) is 0 Å². The number of aliphatic hydroxyl groups excluding tert-OH is 2. The second-order valence-electron chi connectivity index (χ2n) is 8.01. The van der Waals surface area contributed by atoms with E-state index in [-0.39, 0.29) is 5.60 Å². The molecule has 29 heavy (non-hydrogen) atoms. The molecular formula is C23H28ClNO4. The first-order valence-electron chi connectivity index (χ1n) is 10.3. The molecule has 4 rings (SSSR count). The Hall–Kier alpha value is -1.79. The van der Waals surface area contributed by atoms with Gasteiger partial charge in [0.25, 0.3) is 0 Å². The lowest BCUT2D eigenvalue weighted by Gasteiger charge is -2.46. The molecule has 2 heterocycles. The van der Waals surface area contributed by atoms with Gasteiger partial charge in [0.05, 0.1) is 18.8 Å². The van der Waals surface area contributed by atoms with E-state index in [0.29, 0.717) is 24.6 Å². The Labute approximate surface area is 176 Å². The number of benzene rings is 2. The van der Waals surface area contributed by atoms with Crippen LogP contribution in [0.25, 0.3) is 0 Å². The van der Waals surface area contributed by atoms with E-state index in [4.69, 9.17) is 21.1 Å². The van der Waals surface area contributed by atoms with Crippen LogP contribution in [0.5, 0.6) is 11.5 Å². The van der Waals surface area contributed by atoms with E-state index in [9.17, 15) is 10.2 Å². The zero-order valence-corrected chi connectivity index (χ0v) is 17.4. The summed E-state index contributed by atoms with van der Waals surface area (Å²) in [6.07, 6.45) is 1.12. The summed E-state index contributed by atoms with van der Waals surface area (Å²) in [5.74, 6) is 1.55. The fourth-order valence-corrected chi connectivity index (χ4v) is 4.54. The molecule has 0 amide bonds. The molecule has 2 aliphatic heterocycles. The average molecular weight is 418 g/mol. The Bertz CT molecular complexity index is 833. The summed E-state index contributed by atoms with van der Waals surface area (Å²) in [6, 6.07) is 13.1. The molecule has 5 nitrogen and oxygen atoms in total. The van der Waals surface area contributed by atoms with Crippen LogP contribution in [0, 0.1) is 0 Å². The van der Waals surface area contributed by atoms with Crippen LogP contribution in [0.1, 0.15) is 49.5 Å². The molecule has 0 saturated carbocycles. The van der Waals surface area contributed by atoms with Crippen molar-refractivity contribution in [2.75, 3.05) is 26.2 Å². The molecule has 0 aromatic heterocycles. The van der Waals surface area contributed by atoms with Gasteiger partial charge in [-0.15, -0.1) is 0 Å². The van der Waals surface area contributed by atoms with Gasteiger partial charge in [0.1, 0.15) is 17.1 Å². The van der Waals surface area contributed by atoms with Crippen molar-refractivity contribution >= 4 is 11.6 Å². The van der Waals surface area contributed by atoms with Crippen LogP contribution in [0.2, 0.25) is 5.02 Å². The van der Waals surface area contributed by atoms with Crippen molar-refractivity contribution in [3.05, 3.63) is 58.6 Å². The van der Waals surface area contributed by atoms with E-state index >= 15 is 0 Å². The summed E-state index contributed by atoms with van der Waals surface area (Å²) >= 11 is 6.06. The molecule has 2 N–H and O–H groups in total. The molecule has 0 unspecified atom stereocenters. The van der Waals surface area contributed by atoms with Crippen LogP contribution in [0.15, 0.2) is 42.5 Å². The molecule has 6 heteroatoms. The van der Waals surface area contributed by atoms with Gasteiger partial charge >= 0.3 is 0 Å². The van der Waals surface area contributed by atoms with Crippen molar-refractivity contribution in [3.8, 4) is 11.5 Å². The molecule has 2 aromatic carbocycles. The number of likely N-dealkylation sites (tertiary alicyclic amines) is 1. The predicted octanol–water partition coefficient (Wildman–Crippen LogP) is 4.12. The minimum atomic E-state index is -0.557. The third-order valence-corrected chi connectivity index (χ3v) is 6.23. The van der Waals surface area contributed by atoms with Crippen LogP contribution in [0.3, 0.4) is 0 Å². The lowest BCUT2D eigenvalue weighted by molar-refractivity contribution is -0.0587. The zero-order chi connectivity index (χ0) is 20.4. The number of hydrogen-bond donors (Lipinski definition) is 2. The van der Waals surface area contributed by atoms with Gasteiger partial charge < -0.3 is 24.6 Å². The van der Waals surface area contributed by atoms with Crippen molar-refractivity contribution in [3.63, 3.8) is 0 Å². The van der Waals surface area contributed by atoms with Crippen LogP contribution >= 0.6 is 11.6 Å². The first kappa shape index (κ1) is 20.5. The fraction of sp³-hybridized carbons (Fsp3) is 0.478. The first-order chi connectivity index (χ1) is 14.0.